The van der Waals surface area contributed by atoms with E-state index >= 15 is 0 Å². The summed E-state index contributed by atoms with van der Waals surface area (Å²) in [6.45, 7) is 1.82. The van der Waals surface area contributed by atoms with E-state index in [1.807, 2.05) is 41.9 Å². The largest absolute Gasteiger partial charge is 1.00 e. The van der Waals surface area contributed by atoms with Gasteiger partial charge in [-0.05, 0) is 25.1 Å². The number of aromatic nitrogens is 3. The molecule has 0 aliphatic heterocycles. The van der Waals surface area contributed by atoms with Crippen LogP contribution in [0.2, 0.25) is 0 Å². The van der Waals surface area contributed by atoms with Crippen molar-refractivity contribution in [2.75, 3.05) is 0 Å². The first kappa shape index (κ1) is 13.8. The van der Waals surface area contributed by atoms with Gasteiger partial charge in [-0.25, -0.2) is 4.98 Å². The monoisotopic (exact) mass is 285 g/mol. The summed E-state index contributed by atoms with van der Waals surface area (Å²) >= 11 is 0. The lowest BCUT2D eigenvalue weighted by atomic mass is 10.0. The minimum Gasteiger partial charge on any atom is -1.00 e. The molecule has 1 N–H and O–H groups in total. The Balaban J connectivity index is 0.00000147. The molecule has 0 aliphatic rings. The Bertz CT molecular complexity index is 873. The molecule has 0 aromatic carbocycles. The molecule has 0 saturated heterocycles. The van der Waals surface area contributed by atoms with Crippen molar-refractivity contribution in [1.82, 2.24) is 14.4 Å². The van der Waals surface area contributed by atoms with Crippen LogP contribution in [0, 0.1) is 18.3 Å². The van der Waals surface area contributed by atoms with Gasteiger partial charge in [0, 0.05) is 35.4 Å². The molecule has 0 fully saturated rings. The lowest BCUT2D eigenvalue weighted by Crippen LogP contribution is -3.00. The fourth-order valence-corrected chi connectivity index (χ4v) is 2.09. The number of aromatic amines is 1. The van der Waals surface area contributed by atoms with E-state index in [-0.39, 0.29) is 23.5 Å². The second kappa shape index (κ2) is 5.19. The van der Waals surface area contributed by atoms with Gasteiger partial charge in [0.2, 0.25) is 0 Å². The third-order valence-electron chi connectivity index (χ3n) is 3.06. The van der Waals surface area contributed by atoms with Crippen molar-refractivity contribution < 1.29 is 12.4 Å². The van der Waals surface area contributed by atoms with Gasteiger partial charge in [0.05, 0.1) is 0 Å². The minimum absolute atomic E-state index is 0. The number of pyridine rings is 2. The summed E-state index contributed by atoms with van der Waals surface area (Å²) in [5.74, 6) is 0. The van der Waals surface area contributed by atoms with Crippen LogP contribution in [0.4, 0.5) is 0 Å². The van der Waals surface area contributed by atoms with Crippen LogP contribution in [0.15, 0.2) is 41.6 Å². The fourth-order valence-electron chi connectivity index (χ4n) is 2.09. The molecule has 0 bridgehead atoms. The molecule has 0 radical (unpaired) electrons. The van der Waals surface area contributed by atoms with Crippen molar-refractivity contribution in [1.29, 1.82) is 5.26 Å². The van der Waals surface area contributed by atoms with Crippen molar-refractivity contribution in [2.45, 2.75) is 6.92 Å². The lowest BCUT2D eigenvalue weighted by Gasteiger charge is -2.07. The van der Waals surface area contributed by atoms with Crippen LogP contribution >= 0.6 is 0 Å². The van der Waals surface area contributed by atoms with Crippen LogP contribution in [0.1, 0.15) is 11.3 Å². The minimum atomic E-state index is -0.354. The average Bonchev–Trinajstić information content (AvgIpc) is 2.86. The van der Waals surface area contributed by atoms with E-state index in [0.717, 1.165) is 22.5 Å². The number of hydrogen-bond acceptors (Lipinski definition) is 3. The van der Waals surface area contributed by atoms with E-state index in [1.165, 1.54) is 0 Å². The summed E-state index contributed by atoms with van der Waals surface area (Å²) in [5.41, 5.74) is 3.12. The van der Waals surface area contributed by atoms with E-state index in [2.05, 4.69) is 9.97 Å². The van der Waals surface area contributed by atoms with Gasteiger partial charge in [0.1, 0.15) is 17.3 Å². The highest BCUT2D eigenvalue weighted by Crippen LogP contribution is 2.22. The van der Waals surface area contributed by atoms with E-state index < -0.39 is 0 Å². The molecule has 0 atom stereocenters. The van der Waals surface area contributed by atoms with Crippen molar-refractivity contribution >= 4 is 5.65 Å². The molecule has 0 aliphatic carbocycles. The number of nitrogens with zero attached hydrogens (tertiary/aromatic N) is 3. The van der Waals surface area contributed by atoms with Crippen LogP contribution in [0.3, 0.4) is 0 Å². The molecule has 20 heavy (non-hydrogen) atoms. The SMILES string of the molecule is Cc1[nH]c(=O)c(C#N)cc1-c1ccc2nccn2c1.[Cl-]. The molecule has 0 saturated carbocycles. The number of H-pyrrole nitrogens is 1. The topological polar surface area (TPSA) is 73.9 Å². The molecule has 3 rings (SSSR count). The third-order valence-corrected chi connectivity index (χ3v) is 3.06. The molecule has 3 heterocycles. The smallest absolute Gasteiger partial charge is 0.266 e. The van der Waals surface area contributed by atoms with Gasteiger partial charge in [0.25, 0.3) is 5.56 Å². The summed E-state index contributed by atoms with van der Waals surface area (Å²) in [6, 6.07) is 7.33. The molecule has 100 valence electrons. The molecule has 3 aromatic heterocycles. The quantitative estimate of drug-likeness (QED) is 0.615. The lowest BCUT2D eigenvalue weighted by molar-refractivity contribution is -0.00000428. The van der Waals surface area contributed by atoms with E-state index in [4.69, 9.17) is 5.26 Å². The Morgan fingerprint density at radius 1 is 1.40 bits per heavy atom. The summed E-state index contributed by atoms with van der Waals surface area (Å²) in [4.78, 5) is 18.4. The molecular weight excluding hydrogens is 276 g/mol. The Hall–Kier alpha value is -2.58. The molecular formula is C14H10ClN4O-. The van der Waals surface area contributed by atoms with Crippen LogP contribution in [-0.4, -0.2) is 14.4 Å². The van der Waals surface area contributed by atoms with Gasteiger partial charge >= 0.3 is 0 Å². The number of nitrogens with one attached hydrogen (secondary N) is 1. The Morgan fingerprint density at radius 2 is 2.20 bits per heavy atom. The van der Waals surface area contributed by atoms with Crippen LogP contribution in [0.5, 0.6) is 0 Å². The summed E-state index contributed by atoms with van der Waals surface area (Å²) in [7, 11) is 0. The molecule has 0 spiro atoms. The Kier molecular flexibility index (Phi) is 3.59. The number of nitriles is 1. The Morgan fingerprint density at radius 3 is 2.95 bits per heavy atom. The van der Waals surface area contributed by atoms with Crippen molar-refractivity contribution in [3.63, 3.8) is 0 Å². The van der Waals surface area contributed by atoms with Crippen LogP contribution < -0.4 is 18.0 Å². The summed E-state index contributed by atoms with van der Waals surface area (Å²) in [5, 5.41) is 8.93. The van der Waals surface area contributed by atoms with Gasteiger partial charge in [-0.3, -0.25) is 4.79 Å². The van der Waals surface area contributed by atoms with Crippen molar-refractivity contribution in [3.8, 4) is 17.2 Å². The number of fused-ring (bicyclic) bond motifs is 1. The molecule has 5 nitrogen and oxygen atoms in total. The number of halogens is 1. The van der Waals surface area contributed by atoms with E-state index in [1.54, 1.807) is 12.3 Å². The first-order valence-electron chi connectivity index (χ1n) is 5.76. The zero-order chi connectivity index (χ0) is 13.4. The van der Waals surface area contributed by atoms with Crippen LogP contribution in [-0.2, 0) is 0 Å². The van der Waals surface area contributed by atoms with Crippen molar-refractivity contribution in [2.24, 2.45) is 0 Å². The van der Waals surface area contributed by atoms with Gasteiger partial charge in [-0.15, -0.1) is 0 Å². The normalized spacial score (nSPS) is 10.0. The number of imidazole rings is 1. The first-order chi connectivity index (χ1) is 9.19. The van der Waals surface area contributed by atoms with Gasteiger partial charge < -0.3 is 21.8 Å². The van der Waals surface area contributed by atoms with Gasteiger partial charge in [0.15, 0.2) is 0 Å². The highest BCUT2D eigenvalue weighted by molar-refractivity contribution is 5.68. The van der Waals surface area contributed by atoms with E-state index in [9.17, 15) is 4.79 Å². The standard InChI is InChI=1S/C14H10N4O.ClH/c1-9-12(6-11(7-15)14(19)17-9)10-2-3-13-16-4-5-18(13)8-10;/h2-6,8H,1H3,(H,17,19);1H/p-1. The maximum absolute atomic E-state index is 11.5. The highest BCUT2D eigenvalue weighted by Gasteiger charge is 2.08. The fraction of sp³-hybridized carbons (Fsp3) is 0.0714. The predicted octanol–water partition coefficient (Wildman–Crippen LogP) is -1.13. The first-order valence-corrected chi connectivity index (χ1v) is 5.76. The molecule has 6 heteroatoms. The highest BCUT2D eigenvalue weighted by atomic mass is 35.5. The summed E-state index contributed by atoms with van der Waals surface area (Å²) in [6.07, 6.45) is 5.49. The zero-order valence-corrected chi connectivity index (χ0v) is 11.3. The van der Waals surface area contributed by atoms with E-state index in [0.29, 0.717) is 0 Å². The predicted molar refractivity (Wildman–Crippen MR) is 70.7 cm³/mol. The summed E-state index contributed by atoms with van der Waals surface area (Å²) < 4.78 is 1.89. The van der Waals surface area contributed by atoms with Crippen molar-refractivity contribution in [3.05, 3.63) is 58.4 Å². The zero-order valence-electron chi connectivity index (χ0n) is 10.6. The second-order valence-corrected chi connectivity index (χ2v) is 4.27. The van der Waals surface area contributed by atoms with Gasteiger partial charge in [-0.1, -0.05) is 0 Å². The maximum atomic E-state index is 11.5. The molecule has 3 aromatic rings. The average molecular weight is 286 g/mol. The molecule has 0 amide bonds. The molecule has 0 unspecified atom stereocenters. The second-order valence-electron chi connectivity index (χ2n) is 4.27. The third kappa shape index (κ3) is 2.17. The maximum Gasteiger partial charge on any atom is 0.266 e. The van der Waals surface area contributed by atoms with Gasteiger partial charge in [-0.2, -0.15) is 5.26 Å². The Labute approximate surface area is 120 Å². The number of hydrogen-bond donors (Lipinski definition) is 1. The number of rotatable bonds is 1. The van der Waals surface area contributed by atoms with Crippen LogP contribution in [0.25, 0.3) is 16.8 Å². The number of aryl methyl sites for hydroxylation is 1.